The van der Waals surface area contributed by atoms with Gasteiger partial charge in [0.25, 0.3) is 5.91 Å². The standard InChI is InChI=1S/C21H17ClFN5O2/c1-24-20(29)18-11-14(7-8-25-18)30-13-4-6-19-17(10-13)27-21(28(19)2)26-16-9-12(23)3-5-15(16)22/h3-11H,1-2H3,(H,24,29)(H,26,27). The molecular formula is C21H17ClFN5O2. The third-order valence-electron chi connectivity index (χ3n) is 4.45. The van der Waals surface area contributed by atoms with Gasteiger partial charge < -0.3 is 19.9 Å². The molecule has 7 nitrogen and oxygen atoms in total. The molecule has 0 saturated heterocycles. The van der Waals surface area contributed by atoms with Gasteiger partial charge >= 0.3 is 0 Å². The summed E-state index contributed by atoms with van der Waals surface area (Å²) in [6.45, 7) is 0. The summed E-state index contributed by atoms with van der Waals surface area (Å²) in [5.74, 6) is 0.825. The van der Waals surface area contributed by atoms with Gasteiger partial charge in [-0.2, -0.15) is 0 Å². The van der Waals surface area contributed by atoms with Crippen LogP contribution in [0.15, 0.2) is 54.7 Å². The Morgan fingerprint density at radius 2 is 1.93 bits per heavy atom. The van der Waals surface area contributed by atoms with E-state index in [1.165, 1.54) is 31.4 Å². The Balaban J connectivity index is 1.62. The lowest BCUT2D eigenvalue weighted by atomic mass is 10.3. The van der Waals surface area contributed by atoms with Crippen LogP contribution in [0.2, 0.25) is 5.02 Å². The maximum absolute atomic E-state index is 13.5. The smallest absolute Gasteiger partial charge is 0.269 e. The van der Waals surface area contributed by atoms with Crippen molar-refractivity contribution in [1.82, 2.24) is 19.9 Å². The first kappa shape index (κ1) is 19.7. The number of halogens is 2. The minimum absolute atomic E-state index is 0.257. The first-order valence-corrected chi connectivity index (χ1v) is 9.37. The summed E-state index contributed by atoms with van der Waals surface area (Å²) in [7, 11) is 3.37. The van der Waals surface area contributed by atoms with E-state index in [4.69, 9.17) is 16.3 Å². The second kappa shape index (κ2) is 8.00. The van der Waals surface area contributed by atoms with Crippen molar-refractivity contribution in [2.75, 3.05) is 12.4 Å². The fourth-order valence-electron chi connectivity index (χ4n) is 2.93. The van der Waals surface area contributed by atoms with E-state index in [2.05, 4.69) is 20.6 Å². The summed E-state index contributed by atoms with van der Waals surface area (Å²) in [5.41, 5.74) is 2.20. The number of carbonyl (C=O) groups excluding carboxylic acids is 1. The molecule has 2 heterocycles. The number of nitrogens with one attached hydrogen (secondary N) is 2. The van der Waals surface area contributed by atoms with Gasteiger partial charge in [-0.3, -0.25) is 9.78 Å². The van der Waals surface area contributed by atoms with Gasteiger partial charge in [-0.05, 0) is 36.4 Å². The number of fused-ring (bicyclic) bond motifs is 1. The molecule has 0 radical (unpaired) electrons. The molecule has 30 heavy (non-hydrogen) atoms. The Kier molecular flexibility index (Phi) is 5.24. The molecule has 0 aliphatic carbocycles. The quantitative estimate of drug-likeness (QED) is 0.486. The van der Waals surface area contributed by atoms with Crippen LogP contribution in [0, 0.1) is 5.82 Å². The van der Waals surface area contributed by atoms with Crippen molar-refractivity contribution < 1.29 is 13.9 Å². The molecule has 2 aromatic carbocycles. The molecule has 152 valence electrons. The van der Waals surface area contributed by atoms with Crippen molar-refractivity contribution in [2.24, 2.45) is 7.05 Å². The highest BCUT2D eigenvalue weighted by molar-refractivity contribution is 6.33. The van der Waals surface area contributed by atoms with Crippen molar-refractivity contribution in [3.05, 3.63) is 71.3 Å². The number of carbonyl (C=O) groups is 1. The second-order valence-electron chi connectivity index (χ2n) is 6.45. The average molecular weight is 426 g/mol. The van der Waals surface area contributed by atoms with Gasteiger partial charge in [0.1, 0.15) is 23.0 Å². The Hall–Kier alpha value is -3.65. The van der Waals surface area contributed by atoms with Gasteiger partial charge in [0, 0.05) is 32.4 Å². The van der Waals surface area contributed by atoms with E-state index in [1.807, 2.05) is 17.7 Å². The van der Waals surface area contributed by atoms with Crippen LogP contribution >= 0.6 is 11.6 Å². The zero-order valence-corrected chi connectivity index (χ0v) is 16.9. The molecular weight excluding hydrogens is 409 g/mol. The summed E-state index contributed by atoms with van der Waals surface area (Å²) < 4.78 is 21.2. The van der Waals surface area contributed by atoms with E-state index in [1.54, 1.807) is 24.3 Å². The topological polar surface area (TPSA) is 81.1 Å². The molecule has 9 heteroatoms. The number of benzene rings is 2. The van der Waals surface area contributed by atoms with Gasteiger partial charge in [0.05, 0.1) is 21.7 Å². The van der Waals surface area contributed by atoms with Crippen molar-refractivity contribution in [3.63, 3.8) is 0 Å². The Labute approximate surface area is 176 Å². The minimum atomic E-state index is -0.398. The predicted molar refractivity (Wildman–Crippen MR) is 113 cm³/mol. The third-order valence-corrected chi connectivity index (χ3v) is 4.78. The molecule has 4 aromatic rings. The number of ether oxygens (including phenoxy) is 1. The number of aryl methyl sites for hydroxylation is 1. The highest BCUT2D eigenvalue weighted by atomic mass is 35.5. The molecule has 0 aliphatic rings. The highest BCUT2D eigenvalue weighted by Gasteiger charge is 2.12. The number of pyridine rings is 1. The van der Waals surface area contributed by atoms with E-state index in [0.717, 1.165) is 5.52 Å². The van der Waals surface area contributed by atoms with Crippen LogP contribution in [0.5, 0.6) is 11.5 Å². The maximum Gasteiger partial charge on any atom is 0.269 e. The maximum atomic E-state index is 13.5. The Morgan fingerprint density at radius 1 is 1.13 bits per heavy atom. The lowest BCUT2D eigenvalue weighted by molar-refractivity contribution is 0.0958. The number of rotatable bonds is 5. The van der Waals surface area contributed by atoms with E-state index in [9.17, 15) is 9.18 Å². The number of aromatic nitrogens is 3. The minimum Gasteiger partial charge on any atom is -0.457 e. The van der Waals surface area contributed by atoms with Gasteiger partial charge in [-0.1, -0.05) is 11.6 Å². The molecule has 1 amide bonds. The van der Waals surface area contributed by atoms with Crippen molar-refractivity contribution in [1.29, 1.82) is 0 Å². The molecule has 0 spiro atoms. The lowest BCUT2D eigenvalue weighted by Gasteiger charge is -2.08. The first-order chi connectivity index (χ1) is 14.4. The molecule has 0 bridgehead atoms. The van der Waals surface area contributed by atoms with E-state index >= 15 is 0 Å². The molecule has 0 saturated carbocycles. The zero-order valence-electron chi connectivity index (χ0n) is 16.1. The van der Waals surface area contributed by atoms with Crippen LogP contribution in [0.25, 0.3) is 11.0 Å². The predicted octanol–water partition coefficient (Wildman–Crippen LogP) is 4.66. The first-order valence-electron chi connectivity index (χ1n) is 8.99. The van der Waals surface area contributed by atoms with Crippen LogP contribution in [-0.2, 0) is 7.05 Å². The Morgan fingerprint density at radius 3 is 2.73 bits per heavy atom. The summed E-state index contributed by atoms with van der Waals surface area (Å²) in [6.07, 6.45) is 1.50. The zero-order chi connectivity index (χ0) is 21.3. The normalized spacial score (nSPS) is 10.8. The van der Waals surface area contributed by atoms with Crippen molar-refractivity contribution in [2.45, 2.75) is 0 Å². The van der Waals surface area contributed by atoms with E-state index in [0.29, 0.717) is 33.7 Å². The summed E-state index contributed by atoms with van der Waals surface area (Å²) in [4.78, 5) is 20.3. The van der Waals surface area contributed by atoms with E-state index < -0.39 is 5.82 Å². The molecule has 4 rings (SSSR count). The summed E-state index contributed by atoms with van der Waals surface area (Å²) in [6, 6.07) is 12.7. The van der Waals surface area contributed by atoms with Gasteiger partial charge in [-0.25, -0.2) is 9.37 Å². The molecule has 2 N–H and O–H groups in total. The monoisotopic (exact) mass is 425 g/mol. The van der Waals surface area contributed by atoms with Gasteiger partial charge in [0.15, 0.2) is 0 Å². The molecule has 0 aliphatic heterocycles. The van der Waals surface area contributed by atoms with E-state index in [-0.39, 0.29) is 11.6 Å². The Bertz CT molecular complexity index is 1260. The fourth-order valence-corrected chi connectivity index (χ4v) is 3.10. The van der Waals surface area contributed by atoms with Crippen molar-refractivity contribution >= 4 is 40.2 Å². The number of amides is 1. The van der Waals surface area contributed by atoms with Crippen LogP contribution < -0.4 is 15.4 Å². The van der Waals surface area contributed by atoms with Crippen molar-refractivity contribution in [3.8, 4) is 11.5 Å². The van der Waals surface area contributed by atoms with Gasteiger partial charge in [0.2, 0.25) is 5.95 Å². The largest absolute Gasteiger partial charge is 0.457 e. The van der Waals surface area contributed by atoms with Crippen LogP contribution in [0.4, 0.5) is 16.0 Å². The molecule has 0 fully saturated rings. The number of hydrogen-bond acceptors (Lipinski definition) is 5. The highest BCUT2D eigenvalue weighted by Crippen LogP contribution is 2.30. The molecule has 0 unspecified atom stereocenters. The van der Waals surface area contributed by atoms with Crippen LogP contribution in [0.3, 0.4) is 0 Å². The third kappa shape index (κ3) is 3.90. The SMILES string of the molecule is CNC(=O)c1cc(Oc2ccc3c(c2)nc(Nc2cc(F)ccc2Cl)n3C)ccn1. The molecule has 2 aromatic heterocycles. The summed E-state index contributed by atoms with van der Waals surface area (Å²) in [5, 5.41) is 5.96. The number of hydrogen-bond donors (Lipinski definition) is 2. The average Bonchev–Trinajstić information content (AvgIpc) is 3.05. The number of nitrogens with zero attached hydrogens (tertiary/aromatic N) is 3. The van der Waals surface area contributed by atoms with Gasteiger partial charge in [-0.15, -0.1) is 0 Å². The molecule has 0 atom stereocenters. The summed E-state index contributed by atoms with van der Waals surface area (Å²) >= 11 is 6.14. The second-order valence-corrected chi connectivity index (χ2v) is 6.86. The lowest BCUT2D eigenvalue weighted by Crippen LogP contribution is -2.18. The van der Waals surface area contributed by atoms with Crippen LogP contribution in [0.1, 0.15) is 10.5 Å². The number of anilines is 2. The van der Waals surface area contributed by atoms with Crippen LogP contribution in [-0.4, -0.2) is 27.5 Å². The number of imidazole rings is 1. The fraction of sp³-hybridized carbons (Fsp3) is 0.0952.